The second-order valence-electron chi connectivity index (χ2n) is 7.03. The van der Waals surface area contributed by atoms with Gasteiger partial charge in [0.05, 0.1) is 0 Å². The number of para-hydroxylation sites is 1. The summed E-state index contributed by atoms with van der Waals surface area (Å²) in [7, 11) is 0. The summed E-state index contributed by atoms with van der Waals surface area (Å²) < 4.78 is 0. The fourth-order valence-electron chi connectivity index (χ4n) is 3.49. The van der Waals surface area contributed by atoms with Crippen molar-refractivity contribution >= 4 is 33.5 Å². The van der Waals surface area contributed by atoms with Gasteiger partial charge in [0.25, 0.3) is 5.91 Å². The Balaban J connectivity index is 1.21. The smallest absolute Gasteiger partial charge is 0.251 e. The van der Waals surface area contributed by atoms with Crippen LogP contribution in [0.1, 0.15) is 22.3 Å². The molecule has 0 fully saturated rings. The van der Waals surface area contributed by atoms with E-state index in [2.05, 4.69) is 21.7 Å². The van der Waals surface area contributed by atoms with Crippen LogP contribution in [0, 0.1) is 0 Å². The number of carbonyl (C=O) groups excluding carboxylic acids is 2. The second kappa shape index (κ2) is 8.61. The van der Waals surface area contributed by atoms with E-state index in [9.17, 15) is 9.59 Å². The molecular weight excluding hydrogens is 362 g/mol. The van der Waals surface area contributed by atoms with E-state index < -0.39 is 0 Å². The lowest BCUT2D eigenvalue weighted by molar-refractivity contribution is -0.120. The maximum absolute atomic E-state index is 12.3. The molecule has 0 spiro atoms. The molecule has 5 nitrogen and oxygen atoms in total. The van der Waals surface area contributed by atoms with E-state index in [0.717, 1.165) is 22.7 Å². The standard InChI is InChI=1S/C24H23N3O2/c28-23(25-13-11-20-16-27-22-8-4-3-7-21(20)22)12-14-26-24(29)19-10-9-17-5-1-2-6-18(17)15-19/h1-10,15-16,27H,11-14H2,(H,25,28)(H,26,29). The topological polar surface area (TPSA) is 74.0 Å². The second-order valence-corrected chi connectivity index (χ2v) is 7.03. The Kier molecular flexibility index (Phi) is 5.56. The predicted octanol–water partition coefficient (Wildman–Crippen LogP) is 3.80. The number of hydrogen-bond donors (Lipinski definition) is 3. The van der Waals surface area contributed by atoms with E-state index in [1.807, 2.05) is 60.8 Å². The van der Waals surface area contributed by atoms with Gasteiger partial charge in [0.15, 0.2) is 0 Å². The first-order valence-corrected chi connectivity index (χ1v) is 9.79. The molecule has 4 aromatic rings. The number of nitrogens with one attached hydrogen (secondary N) is 3. The molecule has 0 saturated heterocycles. The molecule has 0 saturated carbocycles. The molecule has 0 unspecified atom stereocenters. The highest BCUT2D eigenvalue weighted by atomic mass is 16.2. The molecule has 0 atom stereocenters. The van der Waals surface area contributed by atoms with E-state index in [4.69, 9.17) is 0 Å². The molecular formula is C24H23N3O2. The first-order valence-electron chi connectivity index (χ1n) is 9.79. The first kappa shape index (κ1) is 18.7. The van der Waals surface area contributed by atoms with E-state index >= 15 is 0 Å². The molecule has 2 amide bonds. The van der Waals surface area contributed by atoms with Gasteiger partial charge >= 0.3 is 0 Å². The number of amides is 2. The van der Waals surface area contributed by atoms with Gasteiger partial charge in [-0.15, -0.1) is 0 Å². The van der Waals surface area contributed by atoms with Crippen LogP contribution in [0.3, 0.4) is 0 Å². The Hall–Kier alpha value is -3.60. The van der Waals surface area contributed by atoms with Crippen LogP contribution in [-0.4, -0.2) is 29.9 Å². The van der Waals surface area contributed by atoms with Crippen LogP contribution in [0.25, 0.3) is 21.7 Å². The largest absolute Gasteiger partial charge is 0.361 e. The molecule has 5 heteroatoms. The summed E-state index contributed by atoms with van der Waals surface area (Å²) in [5.41, 5.74) is 2.89. The summed E-state index contributed by atoms with van der Waals surface area (Å²) in [4.78, 5) is 27.6. The van der Waals surface area contributed by atoms with Crippen LogP contribution in [0.5, 0.6) is 0 Å². The Morgan fingerprint density at radius 2 is 1.62 bits per heavy atom. The quantitative estimate of drug-likeness (QED) is 0.453. The molecule has 0 aliphatic rings. The summed E-state index contributed by atoms with van der Waals surface area (Å²) in [6.07, 6.45) is 3.01. The third kappa shape index (κ3) is 4.46. The van der Waals surface area contributed by atoms with Crippen molar-refractivity contribution in [3.05, 3.63) is 84.1 Å². The molecule has 1 heterocycles. The lowest BCUT2D eigenvalue weighted by Crippen LogP contribution is -2.31. The molecule has 0 aliphatic heterocycles. The summed E-state index contributed by atoms with van der Waals surface area (Å²) in [6, 6.07) is 21.6. The average Bonchev–Trinajstić information content (AvgIpc) is 3.16. The van der Waals surface area contributed by atoms with Gasteiger partial charge in [-0.1, -0.05) is 48.5 Å². The number of aromatic amines is 1. The third-order valence-electron chi connectivity index (χ3n) is 5.04. The van der Waals surface area contributed by atoms with E-state index in [1.54, 1.807) is 6.07 Å². The van der Waals surface area contributed by atoms with Crippen molar-refractivity contribution in [3.8, 4) is 0 Å². The van der Waals surface area contributed by atoms with Crippen molar-refractivity contribution in [2.75, 3.05) is 13.1 Å². The van der Waals surface area contributed by atoms with Crippen molar-refractivity contribution in [2.24, 2.45) is 0 Å². The average molecular weight is 385 g/mol. The minimum absolute atomic E-state index is 0.0661. The summed E-state index contributed by atoms with van der Waals surface area (Å²) in [6.45, 7) is 0.879. The molecule has 0 radical (unpaired) electrons. The molecule has 0 bridgehead atoms. The molecule has 29 heavy (non-hydrogen) atoms. The van der Waals surface area contributed by atoms with Gasteiger partial charge in [-0.05, 0) is 41.0 Å². The molecule has 1 aromatic heterocycles. The first-order chi connectivity index (χ1) is 14.2. The Morgan fingerprint density at radius 3 is 2.52 bits per heavy atom. The summed E-state index contributed by atoms with van der Waals surface area (Å²) in [5, 5.41) is 9.04. The van der Waals surface area contributed by atoms with Gasteiger partial charge in [0, 0.05) is 42.2 Å². The number of benzene rings is 3. The van der Waals surface area contributed by atoms with Crippen molar-refractivity contribution in [2.45, 2.75) is 12.8 Å². The minimum atomic E-state index is -0.164. The van der Waals surface area contributed by atoms with E-state index in [0.29, 0.717) is 18.7 Å². The number of fused-ring (bicyclic) bond motifs is 2. The predicted molar refractivity (Wildman–Crippen MR) is 116 cm³/mol. The van der Waals surface area contributed by atoms with Gasteiger partial charge in [-0.25, -0.2) is 0 Å². The van der Waals surface area contributed by atoms with Gasteiger partial charge in [0.2, 0.25) is 5.91 Å². The maximum Gasteiger partial charge on any atom is 0.251 e. The van der Waals surface area contributed by atoms with Crippen LogP contribution in [-0.2, 0) is 11.2 Å². The number of hydrogen-bond acceptors (Lipinski definition) is 2. The monoisotopic (exact) mass is 385 g/mol. The van der Waals surface area contributed by atoms with E-state index in [1.165, 1.54) is 10.9 Å². The van der Waals surface area contributed by atoms with Gasteiger partial charge < -0.3 is 15.6 Å². The van der Waals surface area contributed by atoms with Crippen LogP contribution < -0.4 is 10.6 Å². The number of rotatable bonds is 7. The highest BCUT2D eigenvalue weighted by Gasteiger charge is 2.08. The van der Waals surface area contributed by atoms with Crippen molar-refractivity contribution in [1.82, 2.24) is 15.6 Å². The van der Waals surface area contributed by atoms with Crippen molar-refractivity contribution < 1.29 is 9.59 Å². The van der Waals surface area contributed by atoms with Gasteiger partial charge in [-0.2, -0.15) is 0 Å². The van der Waals surface area contributed by atoms with Gasteiger partial charge in [0.1, 0.15) is 0 Å². The molecule has 146 valence electrons. The lowest BCUT2D eigenvalue weighted by atomic mass is 10.1. The van der Waals surface area contributed by atoms with Crippen LogP contribution >= 0.6 is 0 Å². The Bertz CT molecular complexity index is 1160. The highest BCUT2D eigenvalue weighted by Crippen LogP contribution is 2.18. The van der Waals surface area contributed by atoms with E-state index in [-0.39, 0.29) is 18.2 Å². The third-order valence-corrected chi connectivity index (χ3v) is 5.04. The SMILES string of the molecule is O=C(CCNC(=O)c1ccc2ccccc2c1)NCCc1c[nH]c2ccccc12. The number of aromatic nitrogens is 1. The Labute approximate surface area is 169 Å². The lowest BCUT2D eigenvalue weighted by Gasteiger charge is -2.07. The van der Waals surface area contributed by atoms with Crippen molar-refractivity contribution in [1.29, 1.82) is 0 Å². The molecule has 4 rings (SSSR count). The van der Waals surface area contributed by atoms with Crippen LogP contribution in [0.2, 0.25) is 0 Å². The summed E-state index contributed by atoms with van der Waals surface area (Å²) >= 11 is 0. The molecule has 3 aromatic carbocycles. The summed E-state index contributed by atoms with van der Waals surface area (Å²) in [5.74, 6) is -0.231. The maximum atomic E-state index is 12.3. The zero-order valence-electron chi connectivity index (χ0n) is 16.1. The molecule has 0 aliphatic carbocycles. The van der Waals surface area contributed by atoms with Crippen LogP contribution in [0.15, 0.2) is 72.9 Å². The highest BCUT2D eigenvalue weighted by molar-refractivity contribution is 5.98. The molecule has 3 N–H and O–H groups in total. The van der Waals surface area contributed by atoms with Crippen molar-refractivity contribution in [3.63, 3.8) is 0 Å². The fourth-order valence-corrected chi connectivity index (χ4v) is 3.49. The van der Waals surface area contributed by atoms with Crippen LogP contribution in [0.4, 0.5) is 0 Å². The fraction of sp³-hybridized carbons (Fsp3) is 0.167. The normalized spacial score (nSPS) is 10.9. The zero-order valence-corrected chi connectivity index (χ0v) is 16.1. The zero-order chi connectivity index (χ0) is 20.1. The Morgan fingerprint density at radius 1 is 0.828 bits per heavy atom. The van der Waals surface area contributed by atoms with Gasteiger partial charge in [-0.3, -0.25) is 9.59 Å². The minimum Gasteiger partial charge on any atom is -0.361 e. The number of carbonyl (C=O) groups is 2. The number of H-pyrrole nitrogens is 1.